The lowest BCUT2D eigenvalue weighted by molar-refractivity contribution is -0.137. The van der Waals surface area contributed by atoms with Gasteiger partial charge in [-0.2, -0.15) is 0 Å². The first-order chi connectivity index (χ1) is 17.4. The zero-order valence-corrected chi connectivity index (χ0v) is 20.2. The molecule has 0 aliphatic carbocycles. The number of carbonyl (C=O) groups is 3. The Balaban J connectivity index is 1.34. The molecule has 1 heterocycles. The van der Waals surface area contributed by atoms with Crippen molar-refractivity contribution in [3.63, 3.8) is 0 Å². The van der Waals surface area contributed by atoms with Crippen LogP contribution in [0.5, 0.6) is 11.5 Å². The maximum Gasteiger partial charge on any atom is 0.339 e. The molecule has 1 aliphatic heterocycles. The highest BCUT2D eigenvalue weighted by Gasteiger charge is 2.22. The van der Waals surface area contributed by atoms with E-state index in [-0.39, 0.29) is 23.8 Å². The number of fused-ring (bicyclic) bond motifs is 1. The van der Waals surface area contributed by atoms with Crippen LogP contribution < -0.4 is 14.8 Å². The number of nitrogens with zero attached hydrogens (tertiary/aromatic N) is 1. The fraction of sp³-hybridized carbons (Fsp3) is 0.296. The van der Waals surface area contributed by atoms with Gasteiger partial charge < -0.3 is 29.2 Å². The van der Waals surface area contributed by atoms with Crippen molar-refractivity contribution in [3.8, 4) is 11.5 Å². The number of methoxy groups -OCH3 is 1. The van der Waals surface area contributed by atoms with Gasteiger partial charge in [0, 0.05) is 18.8 Å². The molecule has 0 aromatic heterocycles. The quantitative estimate of drug-likeness (QED) is 0.482. The van der Waals surface area contributed by atoms with E-state index < -0.39 is 18.0 Å². The van der Waals surface area contributed by atoms with Crippen molar-refractivity contribution in [3.05, 3.63) is 66.2 Å². The number of benzene rings is 3. The fourth-order valence-electron chi connectivity index (χ4n) is 3.75. The van der Waals surface area contributed by atoms with Crippen molar-refractivity contribution in [2.45, 2.75) is 13.0 Å². The number of anilines is 1. The number of carbonyl (C=O) groups excluding carboxylic acids is 3. The van der Waals surface area contributed by atoms with E-state index in [1.165, 1.54) is 32.2 Å². The van der Waals surface area contributed by atoms with Gasteiger partial charge in [-0.15, -0.1) is 0 Å². The molecular formula is C27H28N2O7. The largest absolute Gasteiger partial charge is 0.493 e. The van der Waals surface area contributed by atoms with E-state index in [1.807, 2.05) is 36.4 Å². The second-order valence-electron chi connectivity index (χ2n) is 8.25. The Labute approximate surface area is 208 Å². The Hall–Kier alpha value is -4.11. The average Bonchev–Trinajstić information content (AvgIpc) is 2.91. The summed E-state index contributed by atoms with van der Waals surface area (Å²) >= 11 is 0. The Bertz CT molecular complexity index is 1250. The molecule has 0 spiro atoms. The number of morpholine rings is 1. The number of hydrogen-bond acceptors (Lipinski definition) is 7. The van der Waals surface area contributed by atoms with Gasteiger partial charge in [-0.05, 0) is 48.0 Å². The van der Waals surface area contributed by atoms with Gasteiger partial charge in [0.2, 0.25) is 0 Å². The number of esters is 1. The van der Waals surface area contributed by atoms with Crippen LogP contribution >= 0.6 is 0 Å². The van der Waals surface area contributed by atoms with Gasteiger partial charge in [0.1, 0.15) is 0 Å². The molecule has 9 heteroatoms. The monoisotopic (exact) mass is 492 g/mol. The fourth-order valence-corrected chi connectivity index (χ4v) is 3.75. The number of hydrogen-bond donors (Lipinski definition) is 1. The van der Waals surface area contributed by atoms with Crippen LogP contribution in [0.25, 0.3) is 10.8 Å². The number of amides is 2. The van der Waals surface area contributed by atoms with Crippen molar-refractivity contribution >= 4 is 34.2 Å². The summed E-state index contributed by atoms with van der Waals surface area (Å²) in [6.07, 6.45) is -1.03. The summed E-state index contributed by atoms with van der Waals surface area (Å²) in [7, 11) is 1.43. The predicted octanol–water partition coefficient (Wildman–Crippen LogP) is 3.27. The highest BCUT2D eigenvalue weighted by molar-refractivity contribution is 5.99. The lowest BCUT2D eigenvalue weighted by atomic mass is 10.1. The SMILES string of the molecule is COc1cc(C(=O)OC(C)C(=O)Nc2ccc3ccccc3c2)ccc1OCC(=O)N1CCOCC1. The van der Waals surface area contributed by atoms with E-state index in [9.17, 15) is 14.4 Å². The van der Waals surface area contributed by atoms with Crippen molar-refractivity contribution in [2.75, 3.05) is 45.3 Å². The first-order valence-corrected chi connectivity index (χ1v) is 11.6. The van der Waals surface area contributed by atoms with Crippen LogP contribution in [0.4, 0.5) is 5.69 Å². The summed E-state index contributed by atoms with van der Waals surface area (Å²) in [5, 5.41) is 4.82. The molecule has 1 fully saturated rings. The molecule has 1 aliphatic rings. The van der Waals surface area contributed by atoms with Crippen LogP contribution in [-0.4, -0.2) is 68.8 Å². The van der Waals surface area contributed by atoms with Crippen LogP contribution in [0.3, 0.4) is 0 Å². The van der Waals surface area contributed by atoms with Gasteiger partial charge in [-0.25, -0.2) is 4.79 Å². The molecule has 3 aromatic carbocycles. The van der Waals surface area contributed by atoms with Crippen LogP contribution in [0.15, 0.2) is 60.7 Å². The molecule has 0 bridgehead atoms. The van der Waals surface area contributed by atoms with Crippen LogP contribution in [-0.2, 0) is 19.1 Å². The van der Waals surface area contributed by atoms with E-state index in [4.69, 9.17) is 18.9 Å². The molecule has 9 nitrogen and oxygen atoms in total. The molecule has 2 amide bonds. The van der Waals surface area contributed by atoms with Crippen LogP contribution in [0, 0.1) is 0 Å². The van der Waals surface area contributed by atoms with E-state index >= 15 is 0 Å². The van der Waals surface area contributed by atoms with Gasteiger partial charge in [-0.3, -0.25) is 9.59 Å². The van der Waals surface area contributed by atoms with Gasteiger partial charge in [0.15, 0.2) is 24.2 Å². The Kier molecular flexibility index (Phi) is 8.02. The van der Waals surface area contributed by atoms with Gasteiger partial charge >= 0.3 is 5.97 Å². The normalized spacial score (nSPS) is 14.1. The molecule has 1 unspecified atom stereocenters. The minimum Gasteiger partial charge on any atom is -0.493 e. The van der Waals surface area contributed by atoms with Gasteiger partial charge in [0.05, 0.1) is 25.9 Å². The molecule has 188 valence electrons. The van der Waals surface area contributed by atoms with Crippen LogP contribution in [0.1, 0.15) is 17.3 Å². The molecular weight excluding hydrogens is 464 g/mol. The summed E-state index contributed by atoms with van der Waals surface area (Å²) in [6.45, 7) is 3.40. The van der Waals surface area contributed by atoms with Crippen molar-refractivity contribution in [1.82, 2.24) is 4.90 Å². The maximum atomic E-state index is 12.7. The van der Waals surface area contributed by atoms with Crippen LogP contribution in [0.2, 0.25) is 0 Å². The number of ether oxygens (including phenoxy) is 4. The zero-order chi connectivity index (χ0) is 25.5. The topological polar surface area (TPSA) is 103 Å². The molecule has 0 saturated carbocycles. The molecule has 1 atom stereocenters. The lowest BCUT2D eigenvalue weighted by Gasteiger charge is -2.26. The Morgan fingerprint density at radius 1 is 0.972 bits per heavy atom. The molecule has 4 rings (SSSR count). The third-order valence-corrected chi connectivity index (χ3v) is 5.78. The summed E-state index contributed by atoms with van der Waals surface area (Å²) in [5.41, 5.74) is 0.792. The zero-order valence-electron chi connectivity index (χ0n) is 20.2. The molecule has 1 N–H and O–H groups in total. The molecule has 36 heavy (non-hydrogen) atoms. The first-order valence-electron chi connectivity index (χ1n) is 11.6. The molecule has 0 radical (unpaired) electrons. The number of rotatable bonds is 8. The van der Waals surface area contributed by atoms with Gasteiger partial charge in [-0.1, -0.05) is 30.3 Å². The number of nitrogens with one attached hydrogen (secondary N) is 1. The summed E-state index contributed by atoms with van der Waals surface area (Å²) in [5.74, 6) is -0.710. The summed E-state index contributed by atoms with van der Waals surface area (Å²) in [4.78, 5) is 39.3. The highest BCUT2D eigenvalue weighted by atomic mass is 16.5. The lowest BCUT2D eigenvalue weighted by Crippen LogP contribution is -2.43. The predicted molar refractivity (Wildman–Crippen MR) is 133 cm³/mol. The van der Waals surface area contributed by atoms with E-state index in [2.05, 4.69) is 5.32 Å². The van der Waals surface area contributed by atoms with Crippen molar-refractivity contribution in [2.24, 2.45) is 0 Å². The third-order valence-electron chi connectivity index (χ3n) is 5.78. The Morgan fingerprint density at radius 2 is 1.72 bits per heavy atom. The van der Waals surface area contributed by atoms with Crippen molar-refractivity contribution in [1.29, 1.82) is 0 Å². The standard InChI is InChI=1S/C27H28N2O7/c1-18(26(31)28-22-9-7-19-5-3-4-6-20(19)15-22)36-27(32)21-8-10-23(24(16-21)33-2)35-17-25(30)29-11-13-34-14-12-29/h3-10,15-16,18H,11-14,17H2,1-2H3,(H,28,31). The second-order valence-corrected chi connectivity index (χ2v) is 8.25. The summed E-state index contributed by atoms with van der Waals surface area (Å²) < 4.78 is 21.5. The smallest absolute Gasteiger partial charge is 0.339 e. The minimum absolute atomic E-state index is 0.157. The first kappa shape index (κ1) is 25.0. The van der Waals surface area contributed by atoms with E-state index in [0.29, 0.717) is 37.7 Å². The summed E-state index contributed by atoms with van der Waals surface area (Å²) in [6, 6.07) is 17.8. The Morgan fingerprint density at radius 3 is 2.47 bits per heavy atom. The van der Waals surface area contributed by atoms with Crippen molar-refractivity contribution < 1.29 is 33.3 Å². The van der Waals surface area contributed by atoms with E-state index in [0.717, 1.165) is 10.8 Å². The molecule has 1 saturated heterocycles. The average molecular weight is 493 g/mol. The highest BCUT2D eigenvalue weighted by Crippen LogP contribution is 2.29. The maximum absolute atomic E-state index is 12.7. The van der Waals surface area contributed by atoms with E-state index in [1.54, 1.807) is 11.0 Å². The molecule has 3 aromatic rings. The second kappa shape index (κ2) is 11.5. The third kappa shape index (κ3) is 6.11. The van der Waals surface area contributed by atoms with Gasteiger partial charge in [0.25, 0.3) is 11.8 Å². The minimum atomic E-state index is -1.03.